The van der Waals surface area contributed by atoms with E-state index in [2.05, 4.69) is 26.6 Å². The van der Waals surface area contributed by atoms with Gasteiger partial charge in [-0.25, -0.2) is 4.79 Å². The number of amides is 2. The van der Waals surface area contributed by atoms with Crippen molar-refractivity contribution in [2.75, 3.05) is 17.7 Å². The number of ether oxygens (including phenoxy) is 1. The van der Waals surface area contributed by atoms with Gasteiger partial charge in [0.15, 0.2) is 0 Å². The number of nitrogens with one attached hydrogen (secondary N) is 2. The molecule has 0 heterocycles. The van der Waals surface area contributed by atoms with Crippen LogP contribution in [0.3, 0.4) is 0 Å². The summed E-state index contributed by atoms with van der Waals surface area (Å²) in [6.07, 6.45) is 0. The molecular formula is C15H15BrN2O2. The van der Waals surface area contributed by atoms with Crippen LogP contribution in [0.1, 0.15) is 5.56 Å². The molecule has 0 bridgehead atoms. The van der Waals surface area contributed by atoms with Gasteiger partial charge >= 0.3 is 6.03 Å². The van der Waals surface area contributed by atoms with Gasteiger partial charge in [-0.05, 0) is 52.7 Å². The zero-order chi connectivity index (χ0) is 14.5. The predicted molar refractivity (Wildman–Crippen MR) is 84.5 cm³/mol. The van der Waals surface area contributed by atoms with Crippen molar-refractivity contribution in [2.24, 2.45) is 0 Å². The van der Waals surface area contributed by atoms with Crippen LogP contribution in [0, 0.1) is 6.92 Å². The Balaban J connectivity index is 2.05. The van der Waals surface area contributed by atoms with Crippen molar-refractivity contribution in [2.45, 2.75) is 6.92 Å². The van der Waals surface area contributed by atoms with Gasteiger partial charge in [0.05, 0.1) is 12.8 Å². The van der Waals surface area contributed by atoms with Crippen LogP contribution in [0.2, 0.25) is 0 Å². The van der Waals surface area contributed by atoms with Gasteiger partial charge in [-0.2, -0.15) is 0 Å². The molecule has 4 nitrogen and oxygen atoms in total. The van der Waals surface area contributed by atoms with Crippen molar-refractivity contribution >= 4 is 33.3 Å². The quantitative estimate of drug-likeness (QED) is 0.873. The molecule has 0 saturated carbocycles. The van der Waals surface area contributed by atoms with Crippen molar-refractivity contribution in [1.82, 2.24) is 0 Å². The molecule has 2 aromatic carbocycles. The Bertz CT molecular complexity index is 629. The average molecular weight is 335 g/mol. The Labute approximate surface area is 126 Å². The van der Waals surface area contributed by atoms with Crippen molar-refractivity contribution in [3.63, 3.8) is 0 Å². The zero-order valence-corrected chi connectivity index (χ0v) is 12.8. The molecule has 0 aromatic heterocycles. The minimum absolute atomic E-state index is 0.303. The summed E-state index contributed by atoms with van der Waals surface area (Å²) in [6.45, 7) is 1.99. The van der Waals surface area contributed by atoms with Crippen molar-refractivity contribution in [3.05, 3.63) is 52.5 Å². The monoisotopic (exact) mass is 334 g/mol. The van der Waals surface area contributed by atoms with Gasteiger partial charge in [-0.1, -0.05) is 12.1 Å². The molecular weight excluding hydrogens is 320 g/mol. The first-order valence-electron chi connectivity index (χ1n) is 6.06. The molecule has 0 aliphatic carbocycles. The van der Waals surface area contributed by atoms with E-state index in [1.165, 1.54) is 0 Å². The van der Waals surface area contributed by atoms with Crippen molar-refractivity contribution in [1.29, 1.82) is 0 Å². The Hall–Kier alpha value is -2.01. The number of carbonyl (C=O) groups excluding carboxylic acids is 1. The zero-order valence-electron chi connectivity index (χ0n) is 11.2. The first-order chi connectivity index (χ1) is 9.58. The van der Waals surface area contributed by atoms with E-state index in [-0.39, 0.29) is 6.03 Å². The summed E-state index contributed by atoms with van der Waals surface area (Å²) in [5.41, 5.74) is 2.51. The van der Waals surface area contributed by atoms with E-state index in [4.69, 9.17) is 4.74 Å². The van der Waals surface area contributed by atoms with Crippen LogP contribution in [-0.2, 0) is 0 Å². The van der Waals surface area contributed by atoms with Gasteiger partial charge in [-0.3, -0.25) is 0 Å². The molecule has 0 aliphatic heterocycles. The van der Waals surface area contributed by atoms with Gasteiger partial charge in [0, 0.05) is 16.2 Å². The predicted octanol–water partition coefficient (Wildman–Crippen LogP) is 4.41. The van der Waals surface area contributed by atoms with E-state index in [0.717, 1.165) is 15.7 Å². The number of methoxy groups -OCH3 is 1. The van der Waals surface area contributed by atoms with Crippen molar-refractivity contribution < 1.29 is 9.53 Å². The molecule has 5 heteroatoms. The fraction of sp³-hybridized carbons (Fsp3) is 0.133. The normalized spacial score (nSPS) is 9.95. The maximum atomic E-state index is 11.9. The van der Waals surface area contributed by atoms with E-state index in [0.29, 0.717) is 11.4 Å². The minimum atomic E-state index is -0.303. The van der Waals surface area contributed by atoms with Crippen LogP contribution in [-0.4, -0.2) is 13.1 Å². The second-order valence-corrected chi connectivity index (χ2v) is 5.15. The molecule has 2 amide bonds. The van der Waals surface area contributed by atoms with E-state index < -0.39 is 0 Å². The first-order valence-corrected chi connectivity index (χ1v) is 6.86. The molecule has 0 fully saturated rings. The summed E-state index contributed by atoms with van der Waals surface area (Å²) in [6, 6.07) is 12.6. The number of hydrogen-bond acceptors (Lipinski definition) is 2. The number of urea groups is 1. The number of aryl methyl sites for hydroxylation is 1. The Morgan fingerprint density at radius 1 is 1.15 bits per heavy atom. The third-order valence-electron chi connectivity index (χ3n) is 2.70. The molecule has 2 rings (SSSR count). The summed E-state index contributed by atoms with van der Waals surface area (Å²) in [5.74, 6) is 0.694. The van der Waals surface area contributed by atoms with Crippen LogP contribution in [0.25, 0.3) is 0 Å². The van der Waals surface area contributed by atoms with Crippen LogP contribution >= 0.6 is 15.9 Å². The number of benzene rings is 2. The molecule has 20 heavy (non-hydrogen) atoms. The lowest BCUT2D eigenvalue weighted by molar-refractivity contribution is 0.262. The molecule has 0 radical (unpaired) electrons. The van der Waals surface area contributed by atoms with Crippen LogP contribution in [0.4, 0.5) is 16.2 Å². The lowest BCUT2D eigenvalue weighted by Crippen LogP contribution is -2.19. The molecule has 2 N–H and O–H groups in total. The molecule has 0 spiro atoms. The standard InChI is InChI=1S/C15H15BrN2O2/c1-10-6-7-14(13(16)8-10)18-15(19)17-11-4-3-5-12(9-11)20-2/h3-9H,1-2H3,(H2,17,18,19). The fourth-order valence-electron chi connectivity index (χ4n) is 1.71. The highest BCUT2D eigenvalue weighted by Gasteiger charge is 2.06. The maximum Gasteiger partial charge on any atom is 0.323 e. The SMILES string of the molecule is COc1cccc(NC(=O)Nc2ccc(C)cc2Br)c1. The molecule has 0 aliphatic rings. The highest BCUT2D eigenvalue weighted by atomic mass is 79.9. The number of rotatable bonds is 3. The third kappa shape index (κ3) is 3.74. The van der Waals surface area contributed by atoms with Gasteiger partial charge in [0.2, 0.25) is 0 Å². The maximum absolute atomic E-state index is 11.9. The summed E-state index contributed by atoms with van der Waals surface area (Å²) in [5, 5.41) is 5.54. The van der Waals surface area contributed by atoms with E-state index in [1.807, 2.05) is 37.3 Å². The van der Waals surface area contributed by atoms with Gasteiger partial charge in [0.1, 0.15) is 5.75 Å². The van der Waals surface area contributed by atoms with Crippen LogP contribution in [0.5, 0.6) is 5.75 Å². The largest absolute Gasteiger partial charge is 0.497 e. The van der Waals surface area contributed by atoms with Crippen molar-refractivity contribution in [3.8, 4) is 5.75 Å². The molecule has 0 saturated heterocycles. The van der Waals surface area contributed by atoms with E-state index in [1.54, 1.807) is 19.2 Å². The average Bonchev–Trinajstić information content (AvgIpc) is 2.42. The van der Waals surface area contributed by atoms with Crippen LogP contribution in [0.15, 0.2) is 46.9 Å². The highest BCUT2D eigenvalue weighted by molar-refractivity contribution is 9.10. The summed E-state index contributed by atoms with van der Waals surface area (Å²) in [7, 11) is 1.59. The lowest BCUT2D eigenvalue weighted by Gasteiger charge is -2.10. The smallest absolute Gasteiger partial charge is 0.323 e. The van der Waals surface area contributed by atoms with E-state index >= 15 is 0 Å². The first kappa shape index (κ1) is 14.4. The number of carbonyl (C=O) groups is 1. The molecule has 2 aromatic rings. The molecule has 0 atom stereocenters. The Kier molecular flexibility index (Phi) is 4.63. The number of halogens is 1. The Morgan fingerprint density at radius 2 is 1.95 bits per heavy atom. The van der Waals surface area contributed by atoms with Gasteiger partial charge in [-0.15, -0.1) is 0 Å². The molecule has 104 valence electrons. The summed E-state index contributed by atoms with van der Waals surface area (Å²) >= 11 is 3.42. The molecule has 0 unspecified atom stereocenters. The second-order valence-electron chi connectivity index (χ2n) is 4.29. The summed E-state index contributed by atoms with van der Waals surface area (Å²) < 4.78 is 5.95. The summed E-state index contributed by atoms with van der Waals surface area (Å²) in [4.78, 5) is 11.9. The number of anilines is 2. The van der Waals surface area contributed by atoms with Gasteiger partial charge < -0.3 is 15.4 Å². The third-order valence-corrected chi connectivity index (χ3v) is 3.36. The minimum Gasteiger partial charge on any atom is -0.497 e. The number of hydrogen-bond donors (Lipinski definition) is 2. The van der Waals surface area contributed by atoms with Gasteiger partial charge in [0.25, 0.3) is 0 Å². The Morgan fingerprint density at radius 3 is 2.65 bits per heavy atom. The van der Waals surface area contributed by atoms with E-state index in [9.17, 15) is 4.79 Å². The second kappa shape index (κ2) is 6.43. The highest BCUT2D eigenvalue weighted by Crippen LogP contribution is 2.24. The fourth-order valence-corrected chi connectivity index (χ4v) is 2.30. The topological polar surface area (TPSA) is 50.4 Å². The van der Waals surface area contributed by atoms with Crippen LogP contribution < -0.4 is 15.4 Å². The lowest BCUT2D eigenvalue weighted by atomic mass is 10.2.